The lowest BCUT2D eigenvalue weighted by Gasteiger charge is -2.07. The second-order valence-corrected chi connectivity index (χ2v) is 6.64. The molecule has 0 aliphatic rings. The molecule has 4 aromatic rings. The van der Waals surface area contributed by atoms with E-state index < -0.39 is 5.56 Å². The molecule has 0 unspecified atom stereocenters. The molecule has 9 heteroatoms. The van der Waals surface area contributed by atoms with Gasteiger partial charge in [0.15, 0.2) is 11.2 Å². The highest BCUT2D eigenvalue weighted by molar-refractivity contribution is 5.90. The van der Waals surface area contributed by atoms with Gasteiger partial charge in [-0.25, -0.2) is 14.1 Å². The summed E-state index contributed by atoms with van der Waals surface area (Å²) in [7, 11) is 0. The highest BCUT2D eigenvalue weighted by Crippen LogP contribution is 2.10. The van der Waals surface area contributed by atoms with Gasteiger partial charge in [0.05, 0.1) is 6.54 Å². The molecule has 29 heavy (non-hydrogen) atoms. The third-order valence-corrected chi connectivity index (χ3v) is 4.36. The molecular formula is C20H17FN6O2. The Labute approximate surface area is 164 Å². The minimum atomic E-state index is -0.473. The lowest BCUT2D eigenvalue weighted by atomic mass is 10.2. The summed E-state index contributed by atoms with van der Waals surface area (Å²) >= 11 is 0. The Morgan fingerprint density at radius 1 is 1.17 bits per heavy atom. The number of carbonyl (C=O) groups excluding carboxylic acids is 1. The van der Waals surface area contributed by atoms with Crippen molar-refractivity contribution in [2.24, 2.45) is 0 Å². The Balaban J connectivity index is 1.54. The number of nitrogens with one attached hydrogen (secondary N) is 1. The van der Waals surface area contributed by atoms with Gasteiger partial charge in [-0.05, 0) is 36.8 Å². The van der Waals surface area contributed by atoms with E-state index in [4.69, 9.17) is 0 Å². The van der Waals surface area contributed by atoms with Gasteiger partial charge in [0.25, 0.3) is 5.56 Å². The van der Waals surface area contributed by atoms with Gasteiger partial charge in [0.1, 0.15) is 18.7 Å². The number of amides is 1. The fourth-order valence-electron chi connectivity index (χ4n) is 2.91. The SMILES string of the molecule is Cc1ccc(NC(=O)Cn2cnc3c(nnn3Cc3cccc(F)c3)c2=O)cc1. The standard InChI is InChI=1S/C20H17FN6O2/c1-13-5-7-16(8-6-13)23-17(28)11-26-12-22-19-18(20(26)29)24-25-27(19)10-14-3-2-4-15(21)9-14/h2-9,12H,10-11H2,1H3,(H,23,28). The quantitative estimate of drug-likeness (QED) is 0.561. The van der Waals surface area contributed by atoms with Crippen LogP contribution in [0.2, 0.25) is 0 Å². The van der Waals surface area contributed by atoms with Crippen LogP contribution in [-0.4, -0.2) is 30.5 Å². The molecule has 0 saturated heterocycles. The van der Waals surface area contributed by atoms with Gasteiger partial charge < -0.3 is 5.32 Å². The minimum Gasteiger partial charge on any atom is -0.325 e. The molecule has 0 saturated carbocycles. The summed E-state index contributed by atoms with van der Waals surface area (Å²) in [6, 6.07) is 13.4. The predicted molar refractivity (Wildman–Crippen MR) is 105 cm³/mol. The third kappa shape index (κ3) is 4.03. The van der Waals surface area contributed by atoms with Crippen molar-refractivity contribution < 1.29 is 9.18 Å². The molecule has 0 spiro atoms. The Hall–Kier alpha value is -3.88. The maximum atomic E-state index is 13.4. The van der Waals surface area contributed by atoms with E-state index in [-0.39, 0.29) is 36.0 Å². The molecule has 2 aromatic heterocycles. The molecule has 0 atom stereocenters. The maximum Gasteiger partial charge on any atom is 0.283 e. The van der Waals surface area contributed by atoms with Crippen LogP contribution in [0.1, 0.15) is 11.1 Å². The fraction of sp³-hybridized carbons (Fsp3) is 0.150. The zero-order valence-electron chi connectivity index (χ0n) is 15.5. The van der Waals surface area contributed by atoms with Crippen LogP contribution in [0.25, 0.3) is 11.2 Å². The van der Waals surface area contributed by atoms with Crippen LogP contribution in [-0.2, 0) is 17.9 Å². The summed E-state index contributed by atoms with van der Waals surface area (Å²) in [5.41, 5.74) is 2.24. The molecule has 0 radical (unpaired) electrons. The molecule has 0 fully saturated rings. The largest absolute Gasteiger partial charge is 0.325 e. The van der Waals surface area contributed by atoms with Crippen molar-refractivity contribution in [2.45, 2.75) is 20.0 Å². The van der Waals surface area contributed by atoms with Gasteiger partial charge in [0.2, 0.25) is 5.91 Å². The van der Waals surface area contributed by atoms with Crippen LogP contribution in [0, 0.1) is 12.7 Å². The number of carbonyl (C=O) groups is 1. The number of anilines is 1. The van der Waals surface area contributed by atoms with E-state index in [1.54, 1.807) is 24.3 Å². The molecule has 0 aliphatic heterocycles. The van der Waals surface area contributed by atoms with Crippen LogP contribution in [0.5, 0.6) is 0 Å². The summed E-state index contributed by atoms with van der Waals surface area (Å²) in [4.78, 5) is 29.1. The first-order valence-corrected chi connectivity index (χ1v) is 8.89. The van der Waals surface area contributed by atoms with Crippen LogP contribution < -0.4 is 10.9 Å². The molecular weight excluding hydrogens is 375 g/mol. The van der Waals surface area contributed by atoms with Gasteiger partial charge in [-0.2, -0.15) is 0 Å². The number of hydrogen-bond donors (Lipinski definition) is 1. The number of halogens is 1. The van der Waals surface area contributed by atoms with Crippen molar-refractivity contribution in [1.29, 1.82) is 0 Å². The molecule has 0 bridgehead atoms. The topological polar surface area (TPSA) is 94.7 Å². The van der Waals surface area contributed by atoms with Crippen LogP contribution in [0.15, 0.2) is 59.7 Å². The normalized spacial score (nSPS) is 11.0. The van der Waals surface area contributed by atoms with Gasteiger partial charge >= 0.3 is 0 Å². The minimum absolute atomic E-state index is 0.0482. The monoisotopic (exact) mass is 392 g/mol. The Morgan fingerprint density at radius 2 is 1.97 bits per heavy atom. The molecule has 2 aromatic carbocycles. The van der Waals surface area contributed by atoms with Crippen molar-refractivity contribution in [1.82, 2.24) is 24.5 Å². The van der Waals surface area contributed by atoms with E-state index in [0.717, 1.165) is 5.56 Å². The van der Waals surface area contributed by atoms with Crippen molar-refractivity contribution in [3.8, 4) is 0 Å². The van der Waals surface area contributed by atoms with E-state index >= 15 is 0 Å². The number of aryl methyl sites for hydroxylation is 1. The van der Waals surface area contributed by atoms with Crippen molar-refractivity contribution in [3.05, 3.63) is 82.2 Å². The summed E-state index contributed by atoms with van der Waals surface area (Å²) < 4.78 is 16.0. The van der Waals surface area contributed by atoms with Gasteiger partial charge in [-0.15, -0.1) is 5.10 Å². The average molecular weight is 392 g/mol. The fourth-order valence-corrected chi connectivity index (χ4v) is 2.91. The molecule has 1 amide bonds. The van der Waals surface area contributed by atoms with Crippen molar-refractivity contribution in [2.75, 3.05) is 5.32 Å². The molecule has 8 nitrogen and oxygen atoms in total. The summed E-state index contributed by atoms with van der Waals surface area (Å²) in [5.74, 6) is -0.717. The first-order chi connectivity index (χ1) is 14.0. The number of fused-ring (bicyclic) bond motifs is 1. The van der Waals surface area contributed by atoms with E-state index in [1.165, 1.54) is 27.7 Å². The van der Waals surface area contributed by atoms with Crippen LogP contribution in [0.4, 0.5) is 10.1 Å². The highest BCUT2D eigenvalue weighted by Gasteiger charge is 2.14. The summed E-state index contributed by atoms with van der Waals surface area (Å²) in [6.45, 7) is 1.97. The van der Waals surface area contributed by atoms with Gasteiger partial charge in [0, 0.05) is 5.69 Å². The van der Waals surface area contributed by atoms with Crippen LogP contribution >= 0.6 is 0 Å². The Kier molecular flexibility index (Phi) is 4.86. The molecule has 4 rings (SSSR count). The van der Waals surface area contributed by atoms with E-state index in [9.17, 15) is 14.0 Å². The zero-order chi connectivity index (χ0) is 20.4. The molecule has 2 heterocycles. The van der Waals surface area contributed by atoms with Crippen molar-refractivity contribution in [3.63, 3.8) is 0 Å². The second kappa shape index (κ2) is 7.63. The van der Waals surface area contributed by atoms with Gasteiger partial charge in [-0.3, -0.25) is 14.2 Å². The van der Waals surface area contributed by atoms with E-state index in [1.807, 2.05) is 19.1 Å². The summed E-state index contributed by atoms with van der Waals surface area (Å²) in [6.07, 6.45) is 1.28. The zero-order valence-corrected chi connectivity index (χ0v) is 15.5. The lowest BCUT2D eigenvalue weighted by Crippen LogP contribution is -2.28. The smallest absolute Gasteiger partial charge is 0.283 e. The number of rotatable bonds is 5. The predicted octanol–water partition coefficient (Wildman–Crippen LogP) is 2.12. The maximum absolute atomic E-state index is 13.4. The Morgan fingerprint density at radius 3 is 2.72 bits per heavy atom. The first kappa shape index (κ1) is 18.5. The second-order valence-electron chi connectivity index (χ2n) is 6.64. The number of hydrogen-bond acceptors (Lipinski definition) is 5. The average Bonchev–Trinajstić information content (AvgIpc) is 3.09. The number of benzene rings is 2. The Bertz CT molecular complexity index is 1250. The third-order valence-electron chi connectivity index (χ3n) is 4.36. The highest BCUT2D eigenvalue weighted by atomic mass is 19.1. The molecule has 0 aliphatic carbocycles. The molecule has 1 N–H and O–H groups in total. The summed E-state index contributed by atoms with van der Waals surface area (Å²) in [5, 5.41) is 10.6. The van der Waals surface area contributed by atoms with Gasteiger partial charge in [-0.1, -0.05) is 35.0 Å². The molecule has 146 valence electrons. The lowest BCUT2D eigenvalue weighted by molar-refractivity contribution is -0.116. The van der Waals surface area contributed by atoms with E-state index in [0.29, 0.717) is 11.3 Å². The van der Waals surface area contributed by atoms with Crippen LogP contribution in [0.3, 0.4) is 0 Å². The number of nitrogens with zero attached hydrogens (tertiary/aromatic N) is 5. The van der Waals surface area contributed by atoms with E-state index in [2.05, 4.69) is 20.6 Å². The van der Waals surface area contributed by atoms with Crippen molar-refractivity contribution >= 4 is 22.8 Å². The first-order valence-electron chi connectivity index (χ1n) is 8.89. The number of aromatic nitrogens is 5.